The summed E-state index contributed by atoms with van der Waals surface area (Å²) in [4.78, 5) is 14.3. The highest BCUT2D eigenvalue weighted by molar-refractivity contribution is 6.31. The van der Waals surface area contributed by atoms with Gasteiger partial charge in [-0.15, -0.1) is 0 Å². The second-order valence-corrected chi connectivity index (χ2v) is 5.50. The van der Waals surface area contributed by atoms with Crippen molar-refractivity contribution in [1.82, 2.24) is 0 Å². The van der Waals surface area contributed by atoms with E-state index < -0.39 is 0 Å². The van der Waals surface area contributed by atoms with Crippen molar-refractivity contribution in [3.8, 4) is 5.75 Å². The molecule has 1 heterocycles. The molecule has 0 saturated carbocycles. The molecule has 1 aliphatic heterocycles. The standard InChI is InChI=1S/C17H14ClNO2/c1-19(2)13-6-3-11(4-7-13)9-16-17(20)14-10-12(18)5-8-15(14)21-16/h3-10H,1-2H3. The van der Waals surface area contributed by atoms with Gasteiger partial charge in [0.1, 0.15) is 5.75 Å². The Morgan fingerprint density at radius 1 is 1.10 bits per heavy atom. The molecule has 106 valence electrons. The Morgan fingerprint density at radius 2 is 1.81 bits per heavy atom. The van der Waals surface area contributed by atoms with E-state index >= 15 is 0 Å². The summed E-state index contributed by atoms with van der Waals surface area (Å²) in [5.41, 5.74) is 2.53. The molecule has 0 bridgehead atoms. The Kier molecular flexibility index (Phi) is 3.43. The summed E-state index contributed by atoms with van der Waals surface area (Å²) in [6, 6.07) is 13.0. The van der Waals surface area contributed by atoms with E-state index in [4.69, 9.17) is 16.3 Å². The van der Waals surface area contributed by atoms with Crippen molar-refractivity contribution < 1.29 is 9.53 Å². The van der Waals surface area contributed by atoms with Gasteiger partial charge in [-0.25, -0.2) is 0 Å². The Labute approximate surface area is 128 Å². The van der Waals surface area contributed by atoms with Crippen LogP contribution in [0.5, 0.6) is 5.75 Å². The molecule has 0 aliphatic carbocycles. The average Bonchev–Trinajstić information content (AvgIpc) is 2.76. The summed E-state index contributed by atoms with van der Waals surface area (Å²) < 4.78 is 5.60. The lowest BCUT2D eigenvalue weighted by atomic mass is 10.1. The van der Waals surface area contributed by atoms with Gasteiger partial charge in [0, 0.05) is 24.8 Å². The molecule has 0 amide bonds. The summed E-state index contributed by atoms with van der Waals surface area (Å²) in [7, 11) is 3.97. The van der Waals surface area contributed by atoms with E-state index in [0.717, 1.165) is 11.3 Å². The molecule has 1 aliphatic rings. The van der Waals surface area contributed by atoms with Crippen LogP contribution < -0.4 is 9.64 Å². The lowest BCUT2D eigenvalue weighted by Gasteiger charge is -2.11. The molecule has 0 radical (unpaired) electrons. The number of Topliss-reactive ketones (excluding diaryl/α,β-unsaturated/α-hetero) is 1. The lowest BCUT2D eigenvalue weighted by Crippen LogP contribution is -2.08. The number of ether oxygens (including phenoxy) is 1. The maximum Gasteiger partial charge on any atom is 0.232 e. The minimum atomic E-state index is -0.135. The number of fused-ring (bicyclic) bond motifs is 1. The zero-order valence-electron chi connectivity index (χ0n) is 11.8. The number of nitrogens with zero attached hydrogens (tertiary/aromatic N) is 1. The number of carbonyl (C=O) groups is 1. The molecular weight excluding hydrogens is 286 g/mol. The van der Waals surface area contributed by atoms with Crippen LogP contribution in [0.15, 0.2) is 48.2 Å². The monoisotopic (exact) mass is 299 g/mol. The zero-order chi connectivity index (χ0) is 15.0. The first-order valence-corrected chi connectivity index (χ1v) is 6.93. The van der Waals surface area contributed by atoms with E-state index in [1.807, 2.05) is 43.3 Å². The third-order valence-corrected chi connectivity index (χ3v) is 3.57. The average molecular weight is 300 g/mol. The molecule has 3 nitrogen and oxygen atoms in total. The number of halogens is 1. The molecular formula is C17H14ClNO2. The van der Waals surface area contributed by atoms with E-state index in [0.29, 0.717) is 22.1 Å². The van der Waals surface area contributed by atoms with E-state index in [-0.39, 0.29) is 5.78 Å². The fraction of sp³-hybridized carbons (Fsp3) is 0.118. The number of hydrogen-bond donors (Lipinski definition) is 0. The van der Waals surface area contributed by atoms with Crippen molar-refractivity contribution in [2.75, 3.05) is 19.0 Å². The molecule has 0 aromatic heterocycles. The second kappa shape index (κ2) is 5.26. The van der Waals surface area contributed by atoms with Gasteiger partial charge in [0.25, 0.3) is 0 Å². The lowest BCUT2D eigenvalue weighted by molar-refractivity contribution is 0.101. The molecule has 4 heteroatoms. The summed E-state index contributed by atoms with van der Waals surface area (Å²) in [6.45, 7) is 0. The van der Waals surface area contributed by atoms with Crippen LogP contribution in [0.2, 0.25) is 5.02 Å². The Hall–Kier alpha value is -2.26. The highest BCUT2D eigenvalue weighted by Gasteiger charge is 2.27. The molecule has 21 heavy (non-hydrogen) atoms. The molecule has 0 atom stereocenters. The van der Waals surface area contributed by atoms with Gasteiger partial charge in [0.2, 0.25) is 5.78 Å². The van der Waals surface area contributed by atoms with Crippen molar-refractivity contribution in [2.45, 2.75) is 0 Å². The maximum atomic E-state index is 12.3. The fourth-order valence-electron chi connectivity index (χ4n) is 2.18. The predicted molar refractivity (Wildman–Crippen MR) is 85.2 cm³/mol. The van der Waals surface area contributed by atoms with Crippen LogP contribution in [0.4, 0.5) is 5.69 Å². The normalized spacial score (nSPS) is 15.0. The minimum absolute atomic E-state index is 0.135. The van der Waals surface area contributed by atoms with Crippen molar-refractivity contribution in [3.63, 3.8) is 0 Å². The Bertz CT molecular complexity index is 733. The van der Waals surface area contributed by atoms with E-state index in [1.54, 1.807) is 24.3 Å². The van der Waals surface area contributed by atoms with Crippen LogP contribution >= 0.6 is 11.6 Å². The first-order valence-electron chi connectivity index (χ1n) is 6.56. The summed E-state index contributed by atoms with van der Waals surface area (Å²) >= 11 is 5.91. The third-order valence-electron chi connectivity index (χ3n) is 3.34. The Morgan fingerprint density at radius 3 is 2.48 bits per heavy atom. The summed E-state index contributed by atoms with van der Waals surface area (Å²) in [5, 5.41) is 0.530. The molecule has 0 spiro atoms. The van der Waals surface area contributed by atoms with Gasteiger partial charge >= 0.3 is 0 Å². The van der Waals surface area contributed by atoms with Crippen LogP contribution in [0.3, 0.4) is 0 Å². The fourth-order valence-corrected chi connectivity index (χ4v) is 2.35. The van der Waals surface area contributed by atoms with Crippen LogP contribution in [0.25, 0.3) is 6.08 Å². The van der Waals surface area contributed by atoms with E-state index in [1.165, 1.54) is 0 Å². The molecule has 0 N–H and O–H groups in total. The number of rotatable bonds is 2. The summed E-state index contributed by atoms with van der Waals surface area (Å²) in [5.74, 6) is 0.745. The highest BCUT2D eigenvalue weighted by Crippen LogP contribution is 2.33. The zero-order valence-corrected chi connectivity index (χ0v) is 12.5. The molecule has 2 aromatic carbocycles. The number of benzene rings is 2. The van der Waals surface area contributed by atoms with Gasteiger partial charge in [0.05, 0.1) is 5.56 Å². The predicted octanol–water partition coefficient (Wildman–Crippen LogP) is 4.02. The van der Waals surface area contributed by atoms with Crippen molar-refractivity contribution in [2.24, 2.45) is 0 Å². The molecule has 3 rings (SSSR count). The largest absolute Gasteiger partial charge is 0.452 e. The van der Waals surface area contributed by atoms with Gasteiger partial charge in [-0.05, 0) is 42.0 Å². The number of ketones is 1. The van der Waals surface area contributed by atoms with Gasteiger partial charge in [-0.3, -0.25) is 4.79 Å². The summed E-state index contributed by atoms with van der Waals surface area (Å²) in [6.07, 6.45) is 1.75. The van der Waals surface area contributed by atoms with Crippen LogP contribution in [-0.4, -0.2) is 19.9 Å². The SMILES string of the molecule is CN(C)c1ccc(C=C2Oc3ccc(Cl)cc3C2=O)cc1. The van der Waals surface area contributed by atoms with Gasteiger partial charge in [-0.1, -0.05) is 23.7 Å². The molecule has 2 aromatic rings. The molecule has 0 saturated heterocycles. The highest BCUT2D eigenvalue weighted by atomic mass is 35.5. The smallest absolute Gasteiger partial charge is 0.232 e. The third kappa shape index (κ3) is 2.65. The van der Waals surface area contributed by atoms with E-state index in [9.17, 15) is 4.79 Å². The number of anilines is 1. The van der Waals surface area contributed by atoms with Crippen LogP contribution in [0, 0.1) is 0 Å². The maximum absolute atomic E-state index is 12.3. The van der Waals surface area contributed by atoms with Crippen molar-refractivity contribution >= 4 is 29.1 Å². The van der Waals surface area contributed by atoms with Gasteiger partial charge in [-0.2, -0.15) is 0 Å². The second-order valence-electron chi connectivity index (χ2n) is 5.07. The first-order chi connectivity index (χ1) is 10.0. The van der Waals surface area contributed by atoms with Gasteiger partial charge < -0.3 is 9.64 Å². The molecule has 0 unspecified atom stereocenters. The first kappa shape index (κ1) is 13.7. The minimum Gasteiger partial charge on any atom is -0.452 e. The number of hydrogen-bond acceptors (Lipinski definition) is 3. The molecule has 0 fully saturated rings. The van der Waals surface area contributed by atoms with Gasteiger partial charge in [0.15, 0.2) is 5.76 Å². The van der Waals surface area contributed by atoms with Crippen molar-refractivity contribution in [3.05, 3.63) is 64.4 Å². The van der Waals surface area contributed by atoms with Crippen LogP contribution in [0.1, 0.15) is 15.9 Å². The Balaban J connectivity index is 1.90. The van der Waals surface area contributed by atoms with Crippen LogP contribution in [-0.2, 0) is 0 Å². The number of allylic oxidation sites excluding steroid dienone is 1. The quantitative estimate of drug-likeness (QED) is 0.784. The number of carbonyl (C=O) groups excluding carboxylic acids is 1. The van der Waals surface area contributed by atoms with E-state index in [2.05, 4.69) is 0 Å². The van der Waals surface area contributed by atoms with Crippen molar-refractivity contribution in [1.29, 1.82) is 0 Å². The topological polar surface area (TPSA) is 29.5 Å².